The number of hydrogen-bond acceptors (Lipinski definition) is 4. The molecule has 0 aromatic carbocycles. The number of thiazole rings is 1. The van der Waals surface area contributed by atoms with Gasteiger partial charge in [-0.15, -0.1) is 11.3 Å². The topological polar surface area (TPSA) is 57.0 Å². The summed E-state index contributed by atoms with van der Waals surface area (Å²) in [5.74, 6) is -0.0917. The van der Waals surface area contributed by atoms with Crippen molar-refractivity contribution in [2.45, 2.75) is 31.2 Å². The minimum atomic E-state index is -0.596. The molecule has 1 aromatic heterocycles. The summed E-state index contributed by atoms with van der Waals surface area (Å²) in [6.45, 7) is 0. The van der Waals surface area contributed by atoms with E-state index in [0.717, 1.165) is 25.7 Å². The van der Waals surface area contributed by atoms with Crippen LogP contribution in [0, 0.1) is 11.3 Å². The maximum Gasteiger partial charge on any atom is 0.266 e. The minimum absolute atomic E-state index is 0.0917. The van der Waals surface area contributed by atoms with Gasteiger partial charge in [0.25, 0.3) is 5.91 Å². The van der Waals surface area contributed by atoms with Crippen LogP contribution in [0.15, 0.2) is 11.7 Å². The zero-order valence-corrected chi connectivity index (χ0v) is 9.96. The maximum absolute atomic E-state index is 12.1. The van der Waals surface area contributed by atoms with E-state index in [4.69, 9.17) is 0 Å². The molecule has 0 N–H and O–H groups in total. The molecule has 1 aromatic rings. The molecular formula is C11H13N3OS. The Balaban J connectivity index is 2.22. The summed E-state index contributed by atoms with van der Waals surface area (Å²) < 4.78 is 0. The standard InChI is InChI=1S/C11H13N3OS/c1-14(10(15)9-6-13-8-16-9)11(7-12)4-2-3-5-11/h6,8H,2-5H2,1H3. The van der Waals surface area contributed by atoms with Gasteiger partial charge in [0.1, 0.15) is 10.4 Å². The summed E-state index contributed by atoms with van der Waals surface area (Å²) in [4.78, 5) is 18.2. The summed E-state index contributed by atoms with van der Waals surface area (Å²) in [6.07, 6.45) is 5.17. The summed E-state index contributed by atoms with van der Waals surface area (Å²) >= 11 is 1.32. The van der Waals surface area contributed by atoms with Crippen molar-refractivity contribution in [3.8, 4) is 6.07 Å². The fourth-order valence-electron chi connectivity index (χ4n) is 2.16. The van der Waals surface area contributed by atoms with E-state index >= 15 is 0 Å². The second-order valence-corrected chi connectivity index (χ2v) is 4.97. The van der Waals surface area contributed by atoms with Gasteiger partial charge >= 0.3 is 0 Å². The zero-order chi connectivity index (χ0) is 11.6. The number of rotatable bonds is 2. The second kappa shape index (κ2) is 4.22. The van der Waals surface area contributed by atoms with Crippen LogP contribution in [-0.2, 0) is 0 Å². The Bertz CT molecular complexity index is 415. The molecule has 0 atom stereocenters. The third kappa shape index (κ3) is 1.69. The highest BCUT2D eigenvalue weighted by molar-refractivity contribution is 7.11. The van der Waals surface area contributed by atoms with Crippen LogP contribution in [0.3, 0.4) is 0 Å². The van der Waals surface area contributed by atoms with Crippen LogP contribution in [0.2, 0.25) is 0 Å². The lowest BCUT2D eigenvalue weighted by atomic mass is 9.97. The van der Waals surface area contributed by atoms with E-state index in [1.165, 1.54) is 11.3 Å². The van der Waals surface area contributed by atoms with E-state index in [-0.39, 0.29) is 5.91 Å². The third-order valence-corrected chi connectivity index (χ3v) is 3.99. The van der Waals surface area contributed by atoms with Crippen molar-refractivity contribution in [3.05, 3.63) is 16.6 Å². The van der Waals surface area contributed by atoms with Gasteiger partial charge in [0, 0.05) is 7.05 Å². The molecule has 84 valence electrons. The number of hydrogen-bond donors (Lipinski definition) is 0. The molecule has 0 radical (unpaired) electrons. The monoisotopic (exact) mass is 235 g/mol. The van der Waals surface area contributed by atoms with Gasteiger partial charge in [-0.25, -0.2) is 0 Å². The molecule has 1 amide bonds. The molecule has 1 saturated carbocycles. The highest BCUT2D eigenvalue weighted by atomic mass is 32.1. The average Bonchev–Trinajstić information content (AvgIpc) is 2.98. The van der Waals surface area contributed by atoms with Gasteiger partial charge in [0.15, 0.2) is 0 Å². The van der Waals surface area contributed by atoms with Gasteiger partial charge in [0.2, 0.25) is 0 Å². The number of aromatic nitrogens is 1. The van der Waals surface area contributed by atoms with Gasteiger partial charge in [-0.2, -0.15) is 5.26 Å². The largest absolute Gasteiger partial charge is 0.322 e. The third-order valence-electron chi connectivity index (χ3n) is 3.23. The first-order chi connectivity index (χ1) is 7.69. The average molecular weight is 235 g/mol. The Hall–Kier alpha value is -1.41. The molecule has 0 saturated heterocycles. The van der Waals surface area contributed by atoms with Crippen LogP contribution in [0.1, 0.15) is 35.4 Å². The molecule has 4 nitrogen and oxygen atoms in total. The van der Waals surface area contributed by atoms with E-state index in [0.29, 0.717) is 4.88 Å². The molecule has 2 rings (SSSR count). The molecule has 16 heavy (non-hydrogen) atoms. The summed E-state index contributed by atoms with van der Waals surface area (Å²) in [5, 5.41) is 9.28. The molecule has 1 aliphatic carbocycles. The molecule has 1 fully saturated rings. The number of carbonyl (C=O) groups excluding carboxylic acids is 1. The van der Waals surface area contributed by atoms with E-state index in [1.54, 1.807) is 23.7 Å². The van der Waals surface area contributed by atoms with E-state index in [2.05, 4.69) is 11.1 Å². The zero-order valence-electron chi connectivity index (χ0n) is 9.14. The van der Waals surface area contributed by atoms with Crippen molar-refractivity contribution in [2.24, 2.45) is 0 Å². The van der Waals surface area contributed by atoms with Gasteiger partial charge in [-0.1, -0.05) is 0 Å². The van der Waals surface area contributed by atoms with E-state index in [9.17, 15) is 10.1 Å². The lowest BCUT2D eigenvalue weighted by molar-refractivity contribution is 0.0667. The highest BCUT2D eigenvalue weighted by Crippen LogP contribution is 2.34. The molecule has 1 aliphatic rings. The first kappa shape index (κ1) is 11.1. The van der Waals surface area contributed by atoms with Crippen LogP contribution in [0.5, 0.6) is 0 Å². The maximum atomic E-state index is 12.1. The Morgan fingerprint density at radius 2 is 2.31 bits per heavy atom. The van der Waals surface area contributed by atoms with Crippen molar-refractivity contribution in [1.29, 1.82) is 5.26 Å². The molecule has 0 bridgehead atoms. The van der Waals surface area contributed by atoms with Crippen LogP contribution in [0.25, 0.3) is 0 Å². The van der Waals surface area contributed by atoms with Gasteiger partial charge in [-0.05, 0) is 25.7 Å². The van der Waals surface area contributed by atoms with Crippen molar-refractivity contribution >= 4 is 17.2 Å². The quantitative estimate of drug-likeness (QED) is 0.788. The normalized spacial score (nSPS) is 18.0. The summed E-state index contributed by atoms with van der Waals surface area (Å²) in [5.41, 5.74) is 1.04. The Labute approximate surface area is 98.5 Å². The van der Waals surface area contributed by atoms with Crippen LogP contribution in [0.4, 0.5) is 0 Å². The molecule has 1 heterocycles. The van der Waals surface area contributed by atoms with Crippen molar-refractivity contribution in [3.63, 3.8) is 0 Å². The summed E-state index contributed by atoms with van der Waals surface area (Å²) in [7, 11) is 1.72. The molecular weight excluding hydrogens is 222 g/mol. The van der Waals surface area contributed by atoms with Crippen LogP contribution < -0.4 is 0 Å². The first-order valence-electron chi connectivity index (χ1n) is 5.27. The second-order valence-electron chi connectivity index (χ2n) is 4.08. The lowest BCUT2D eigenvalue weighted by Crippen LogP contribution is -2.46. The van der Waals surface area contributed by atoms with Gasteiger partial charge in [0.05, 0.1) is 17.8 Å². The number of carbonyl (C=O) groups is 1. The molecule has 0 spiro atoms. The van der Waals surface area contributed by atoms with Crippen molar-refractivity contribution in [2.75, 3.05) is 7.05 Å². The lowest BCUT2D eigenvalue weighted by Gasteiger charge is -2.31. The Morgan fingerprint density at radius 3 is 2.81 bits per heavy atom. The SMILES string of the molecule is CN(C(=O)c1cncs1)C1(C#N)CCCC1. The van der Waals surface area contributed by atoms with Gasteiger partial charge in [-0.3, -0.25) is 9.78 Å². The number of amides is 1. The van der Waals surface area contributed by atoms with Crippen molar-refractivity contribution in [1.82, 2.24) is 9.88 Å². The van der Waals surface area contributed by atoms with Gasteiger partial charge < -0.3 is 4.90 Å². The smallest absolute Gasteiger partial charge is 0.266 e. The number of nitrogens with zero attached hydrogens (tertiary/aromatic N) is 3. The predicted molar refractivity (Wildman–Crippen MR) is 61.0 cm³/mol. The Kier molecular flexibility index (Phi) is 2.92. The first-order valence-corrected chi connectivity index (χ1v) is 6.15. The van der Waals surface area contributed by atoms with Crippen LogP contribution in [-0.4, -0.2) is 28.4 Å². The molecule has 5 heteroatoms. The van der Waals surface area contributed by atoms with E-state index in [1.807, 2.05) is 0 Å². The van der Waals surface area contributed by atoms with Crippen LogP contribution >= 0.6 is 11.3 Å². The minimum Gasteiger partial charge on any atom is -0.322 e. The molecule has 0 aliphatic heterocycles. The van der Waals surface area contributed by atoms with E-state index < -0.39 is 5.54 Å². The predicted octanol–water partition coefficient (Wildman–Crippen LogP) is 2.05. The highest BCUT2D eigenvalue weighted by Gasteiger charge is 2.40. The number of nitriles is 1. The fraction of sp³-hybridized carbons (Fsp3) is 0.545. The summed E-state index contributed by atoms with van der Waals surface area (Å²) in [6, 6.07) is 2.31. The molecule has 0 unspecified atom stereocenters. The van der Waals surface area contributed by atoms with Crippen molar-refractivity contribution < 1.29 is 4.79 Å². The fourth-order valence-corrected chi connectivity index (χ4v) is 2.76. The Morgan fingerprint density at radius 1 is 1.62 bits per heavy atom.